The number of aromatic carboxylic acids is 1. The fourth-order valence-electron chi connectivity index (χ4n) is 1.96. The molecule has 4 nitrogen and oxygen atoms in total. The van der Waals surface area contributed by atoms with Gasteiger partial charge in [0.25, 0.3) is 0 Å². The van der Waals surface area contributed by atoms with Gasteiger partial charge in [0.2, 0.25) is 0 Å². The molecule has 0 amide bonds. The number of nitrogens with zero attached hydrogens (tertiary/aromatic N) is 1. The standard InChI is InChI=1S/C14H13NO3/c1-9-10(2)13(14(16)17)4-3-12(9)11-5-7-15(18)8-6-11/h3-8H,1-2H3,(H,16,17). The second-order valence-electron chi connectivity index (χ2n) is 4.16. The quantitative estimate of drug-likeness (QED) is 0.650. The molecule has 0 aliphatic carbocycles. The van der Waals surface area contributed by atoms with E-state index in [0.29, 0.717) is 5.56 Å². The third-order valence-electron chi connectivity index (χ3n) is 3.13. The van der Waals surface area contributed by atoms with Crippen LogP contribution in [0.15, 0.2) is 36.7 Å². The van der Waals surface area contributed by atoms with Crippen LogP contribution >= 0.6 is 0 Å². The van der Waals surface area contributed by atoms with E-state index < -0.39 is 5.97 Å². The van der Waals surface area contributed by atoms with Gasteiger partial charge in [0.1, 0.15) is 0 Å². The van der Waals surface area contributed by atoms with E-state index in [-0.39, 0.29) is 0 Å². The van der Waals surface area contributed by atoms with Crippen LogP contribution in [0.4, 0.5) is 0 Å². The summed E-state index contributed by atoms with van der Waals surface area (Å²) < 4.78 is 0.720. The lowest BCUT2D eigenvalue weighted by Crippen LogP contribution is -2.23. The molecule has 0 bridgehead atoms. The Kier molecular flexibility index (Phi) is 3.02. The molecule has 92 valence electrons. The van der Waals surface area contributed by atoms with E-state index in [1.807, 2.05) is 6.92 Å². The lowest BCUT2D eigenvalue weighted by Gasteiger charge is -2.11. The molecule has 2 aromatic rings. The van der Waals surface area contributed by atoms with Crippen LogP contribution in [0.2, 0.25) is 0 Å². The van der Waals surface area contributed by atoms with Gasteiger partial charge in [-0.3, -0.25) is 0 Å². The molecule has 0 spiro atoms. The molecular formula is C14H13NO3. The van der Waals surface area contributed by atoms with Gasteiger partial charge in [0.05, 0.1) is 5.56 Å². The van der Waals surface area contributed by atoms with Crippen molar-refractivity contribution in [2.24, 2.45) is 0 Å². The fourth-order valence-corrected chi connectivity index (χ4v) is 1.96. The number of hydrogen-bond donors (Lipinski definition) is 1. The van der Waals surface area contributed by atoms with Crippen molar-refractivity contribution in [3.05, 3.63) is 58.6 Å². The van der Waals surface area contributed by atoms with Crippen molar-refractivity contribution in [2.75, 3.05) is 0 Å². The molecule has 18 heavy (non-hydrogen) atoms. The van der Waals surface area contributed by atoms with Crippen LogP contribution in [-0.4, -0.2) is 11.1 Å². The Labute approximate surface area is 105 Å². The lowest BCUT2D eigenvalue weighted by molar-refractivity contribution is -0.605. The maximum atomic E-state index is 11.0. The normalized spacial score (nSPS) is 10.3. The summed E-state index contributed by atoms with van der Waals surface area (Å²) in [5.41, 5.74) is 3.82. The van der Waals surface area contributed by atoms with Crippen LogP contribution in [0.5, 0.6) is 0 Å². The van der Waals surface area contributed by atoms with Gasteiger partial charge in [0.15, 0.2) is 12.4 Å². The van der Waals surface area contributed by atoms with Crippen LogP contribution < -0.4 is 4.73 Å². The Morgan fingerprint density at radius 2 is 1.72 bits per heavy atom. The van der Waals surface area contributed by atoms with Crippen LogP contribution in [0, 0.1) is 19.1 Å². The van der Waals surface area contributed by atoms with Gasteiger partial charge in [-0.05, 0) is 42.2 Å². The summed E-state index contributed by atoms with van der Waals surface area (Å²) in [7, 11) is 0. The average molecular weight is 243 g/mol. The Balaban J connectivity index is 2.57. The minimum absolute atomic E-state index is 0.311. The summed E-state index contributed by atoms with van der Waals surface area (Å²) in [5, 5.41) is 20.0. The predicted octanol–water partition coefficient (Wildman–Crippen LogP) is 2.30. The van der Waals surface area contributed by atoms with E-state index in [1.54, 1.807) is 31.2 Å². The summed E-state index contributed by atoms with van der Waals surface area (Å²) >= 11 is 0. The summed E-state index contributed by atoms with van der Waals surface area (Å²) in [6, 6.07) is 6.80. The van der Waals surface area contributed by atoms with Gasteiger partial charge < -0.3 is 10.3 Å². The van der Waals surface area contributed by atoms with Gasteiger partial charge in [0, 0.05) is 12.1 Å². The zero-order valence-electron chi connectivity index (χ0n) is 10.2. The van der Waals surface area contributed by atoms with Crippen molar-refractivity contribution in [2.45, 2.75) is 13.8 Å². The van der Waals surface area contributed by atoms with Crippen molar-refractivity contribution in [3.63, 3.8) is 0 Å². The van der Waals surface area contributed by atoms with Crippen LogP contribution in [0.25, 0.3) is 11.1 Å². The second kappa shape index (κ2) is 4.49. The minimum atomic E-state index is -0.924. The Morgan fingerprint density at radius 1 is 1.11 bits per heavy atom. The number of carboxylic acids is 1. The molecule has 0 aliphatic rings. The van der Waals surface area contributed by atoms with Crippen molar-refractivity contribution >= 4 is 5.97 Å². The SMILES string of the molecule is Cc1c(C(=O)O)ccc(-c2cc[n+]([O-])cc2)c1C. The maximum Gasteiger partial charge on any atom is 0.335 e. The zero-order valence-corrected chi connectivity index (χ0v) is 10.2. The number of carboxylic acid groups (broad SMARTS) is 1. The first-order valence-corrected chi connectivity index (χ1v) is 5.53. The van der Waals surface area contributed by atoms with Crippen molar-refractivity contribution < 1.29 is 14.6 Å². The van der Waals surface area contributed by atoms with Crippen LogP contribution in [0.3, 0.4) is 0 Å². The number of pyridine rings is 1. The fraction of sp³-hybridized carbons (Fsp3) is 0.143. The summed E-state index contributed by atoms with van der Waals surface area (Å²) in [4.78, 5) is 11.0. The first kappa shape index (κ1) is 12.1. The van der Waals surface area contributed by atoms with Gasteiger partial charge in [-0.25, -0.2) is 4.79 Å². The van der Waals surface area contributed by atoms with Crippen LogP contribution in [0.1, 0.15) is 21.5 Å². The maximum absolute atomic E-state index is 11.0. The van der Waals surface area contributed by atoms with E-state index in [4.69, 9.17) is 5.11 Å². The molecular weight excluding hydrogens is 230 g/mol. The molecule has 2 rings (SSSR count). The molecule has 0 aliphatic heterocycles. The van der Waals surface area contributed by atoms with Gasteiger partial charge in [-0.1, -0.05) is 6.07 Å². The van der Waals surface area contributed by atoms with Crippen molar-refractivity contribution in [1.29, 1.82) is 0 Å². The largest absolute Gasteiger partial charge is 0.619 e. The smallest absolute Gasteiger partial charge is 0.335 e. The molecule has 1 heterocycles. The van der Waals surface area contributed by atoms with E-state index in [0.717, 1.165) is 27.0 Å². The average Bonchev–Trinajstić information content (AvgIpc) is 2.33. The number of benzene rings is 1. The molecule has 1 aromatic heterocycles. The second-order valence-corrected chi connectivity index (χ2v) is 4.16. The monoisotopic (exact) mass is 243 g/mol. The molecule has 0 saturated heterocycles. The highest BCUT2D eigenvalue weighted by atomic mass is 16.5. The lowest BCUT2D eigenvalue weighted by atomic mass is 9.94. The molecule has 0 saturated carbocycles. The predicted molar refractivity (Wildman–Crippen MR) is 67.3 cm³/mol. The molecule has 4 heteroatoms. The molecule has 0 radical (unpaired) electrons. The van der Waals surface area contributed by atoms with E-state index in [2.05, 4.69) is 0 Å². The highest BCUT2D eigenvalue weighted by Crippen LogP contribution is 2.26. The minimum Gasteiger partial charge on any atom is -0.619 e. The van der Waals surface area contributed by atoms with Crippen molar-refractivity contribution in [1.82, 2.24) is 0 Å². The molecule has 0 fully saturated rings. The zero-order chi connectivity index (χ0) is 13.3. The van der Waals surface area contributed by atoms with E-state index in [9.17, 15) is 10.0 Å². The molecule has 0 unspecified atom stereocenters. The van der Waals surface area contributed by atoms with Crippen molar-refractivity contribution in [3.8, 4) is 11.1 Å². The Hall–Kier alpha value is -2.36. The summed E-state index contributed by atoms with van der Waals surface area (Å²) in [6.07, 6.45) is 2.85. The molecule has 1 aromatic carbocycles. The highest BCUT2D eigenvalue weighted by Gasteiger charge is 2.12. The van der Waals surface area contributed by atoms with Crippen LogP contribution in [-0.2, 0) is 0 Å². The summed E-state index contributed by atoms with van der Waals surface area (Å²) in [6.45, 7) is 3.67. The number of hydrogen-bond acceptors (Lipinski definition) is 2. The number of aromatic nitrogens is 1. The first-order chi connectivity index (χ1) is 8.50. The third kappa shape index (κ3) is 2.05. The first-order valence-electron chi connectivity index (χ1n) is 5.53. The van der Waals surface area contributed by atoms with Gasteiger partial charge in [-0.2, -0.15) is 4.73 Å². The Morgan fingerprint density at radius 3 is 2.28 bits per heavy atom. The van der Waals surface area contributed by atoms with Gasteiger partial charge >= 0.3 is 5.97 Å². The number of carbonyl (C=O) groups is 1. The summed E-state index contributed by atoms with van der Waals surface area (Å²) in [5.74, 6) is -0.924. The molecule has 1 N–H and O–H groups in total. The number of rotatable bonds is 2. The van der Waals surface area contributed by atoms with Gasteiger partial charge in [-0.15, -0.1) is 0 Å². The van der Waals surface area contributed by atoms with E-state index >= 15 is 0 Å². The molecule has 0 atom stereocenters. The Bertz CT molecular complexity index is 603. The topological polar surface area (TPSA) is 64.2 Å². The van der Waals surface area contributed by atoms with E-state index in [1.165, 1.54) is 12.4 Å². The highest BCUT2D eigenvalue weighted by molar-refractivity contribution is 5.91. The third-order valence-corrected chi connectivity index (χ3v) is 3.13.